The van der Waals surface area contributed by atoms with Gasteiger partial charge in [0.25, 0.3) is 5.56 Å². The zero-order valence-corrected chi connectivity index (χ0v) is 18.3. The van der Waals surface area contributed by atoms with Gasteiger partial charge in [-0.05, 0) is 49.6 Å². The number of Topliss-reactive ketones (excluding diaryl/α,β-unsaturated/α-hetero) is 1. The van der Waals surface area contributed by atoms with E-state index >= 15 is 0 Å². The average Bonchev–Trinajstić information content (AvgIpc) is 3.34. The van der Waals surface area contributed by atoms with E-state index in [-0.39, 0.29) is 28.8 Å². The molecule has 3 aliphatic rings. The van der Waals surface area contributed by atoms with E-state index in [9.17, 15) is 14.7 Å². The highest BCUT2D eigenvalue weighted by atomic mass is 16.5. The minimum atomic E-state index is -0.218. The number of nitrogens with zero attached hydrogens (tertiary/aromatic N) is 2. The van der Waals surface area contributed by atoms with Crippen LogP contribution in [0, 0.1) is 12.8 Å². The lowest BCUT2D eigenvalue weighted by Crippen LogP contribution is -2.46. The number of pyridine rings is 1. The van der Waals surface area contributed by atoms with Crippen molar-refractivity contribution in [3.05, 3.63) is 86.9 Å². The summed E-state index contributed by atoms with van der Waals surface area (Å²) < 4.78 is 13.4. The monoisotopic (exact) mass is 444 g/mol. The second-order valence-electron chi connectivity index (χ2n) is 9.22. The van der Waals surface area contributed by atoms with Crippen molar-refractivity contribution in [2.45, 2.75) is 32.4 Å². The van der Waals surface area contributed by atoms with Gasteiger partial charge >= 0.3 is 0 Å². The van der Waals surface area contributed by atoms with E-state index in [0.717, 1.165) is 31.0 Å². The molecular formula is C26H24N2O5. The molecule has 7 nitrogen and oxygen atoms in total. The van der Waals surface area contributed by atoms with E-state index in [4.69, 9.17) is 9.15 Å². The van der Waals surface area contributed by atoms with Crippen LogP contribution in [0.1, 0.15) is 45.5 Å². The van der Waals surface area contributed by atoms with E-state index in [1.165, 1.54) is 0 Å². The van der Waals surface area contributed by atoms with Gasteiger partial charge in [0.05, 0.1) is 11.1 Å². The van der Waals surface area contributed by atoms with E-state index in [1.54, 1.807) is 30.3 Å². The Balaban J connectivity index is 1.29. The quantitative estimate of drug-likeness (QED) is 0.621. The van der Waals surface area contributed by atoms with Gasteiger partial charge in [-0.1, -0.05) is 6.07 Å². The van der Waals surface area contributed by atoms with Crippen LogP contribution in [-0.4, -0.2) is 33.4 Å². The summed E-state index contributed by atoms with van der Waals surface area (Å²) in [7, 11) is 0. The number of carbonyl (C=O) groups excluding carboxylic acids is 1. The molecule has 1 saturated heterocycles. The molecule has 0 unspecified atom stereocenters. The first-order valence-corrected chi connectivity index (χ1v) is 11.2. The van der Waals surface area contributed by atoms with Crippen molar-refractivity contribution in [2.24, 2.45) is 5.92 Å². The van der Waals surface area contributed by atoms with Crippen LogP contribution in [0.25, 0.3) is 6.08 Å². The Morgan fingerprint density at radius 2 is 1.97 bits per heavy atom. The smallest absolute Gasteiger partial charge is 0.250 e. The Hall–Kier alpha value is -3.58. The largest absolute Gasteiger partial charge is 0.507 e. The highest BCUT2D eigenvalue weighted by Gasteiger charge is 2.37. The number of phenolic OH excluding ortho intramolecular Hbond substituents is 1. The van der Waals surface area contributed by atoms with Crippen LogP contribution in [0.3, 0.4) is 0 Å². The number of hydrogen-bond donors (Lipinski definition) is 1. The Kier molecular flexibility index (Phi) is 4.55. The summed E-state index contributed by atoms with van der Waals surface area (Å²) in [5, 5.41) is 10.7. The molecule has 2 atom stereocenters. The first-order valence-electron chi connectivity index (χ1n) is 11.2. The van der Waals surface area contributed by atoms with Crippen molar-refractivity contribution in [2.75, 3.05) is 13.1 Å². The number of rotatable bonds is 3. The summed E-state index contributed by atoms with van der Waals surface area (Å²) in [6, 6.07) is 12.3. The molecule has 0 aliphatic carbocycles. The van der Waals surface area contributed by atoms with Crippen molar-refractivity contribution in [1.29, 1.82) is 0 Å². The van der Waals surface area contributed by atoms with Gasteiger partial charge in [0.2, 0.25) is 5.78 Å². The molecule has 1 N–H and O–H groups in total. The number of aromatic hydroxyl groups is 1. The highest BCUT2D eigenvalue weighted by Crippen LogP contribution is 2.42. The van der Waals surface area contributed by atoms with E-state index in [2.05, 4.69) is 4.90 Å². The van der Waals surface area contributed by atoms with Crippen LogP contribution in [0.2, 0.25) is 0 Å². The van der Waals surface area contributed by atoms with Gasteiger partial charge in [0.15, 0.2) is 5.76 Å². The number of carbonyl (C=O) groups is 1. The van der Waals surface area contributed by atoms with Crippen molar-refractivity contribution >= 4 is 11.9 Å². The SMILES string of the molecule is Cc1ccc(/C=C2\Oc3c(ccc(O)c3CN3C[C@H]4C[C@@H](C3)c3cccc(=O)n3C4)C2=O)o1. The molecule has 3 aliphatic heterocycles. The minimum absolute atomic E-state index is 0.0622. The number of furan rings is 1. The van der Waals surface area contributed by atoms with Gasteiger partial charge in [-0.15, -0.1) is 0 Å². The van der Waals surface area contributed by atoms with Gasteiger partial charge in [0, 0.05) is 49.9 Å². The third-order valence-electron chi connectivity index (χ3n) is 6.89. The second kappa shape index (κ2) is 7.49. The number of piperidine rings is 1. The average molecular weight is 444 g/mol. The van der Waals surface area contributed by atoms with Crippen LogP contribution in [0.15, 0.2) is 57.4 Å². The maximum atomic E-state index is 12.9. The summed E-state index contributed by atoms with van der Waals surface area (Å²) in [6.07, 6.45) is 2.65. The number of aryl methyl sites for hydroxylation is 1. The number of allylic oxidation sites excluding steroid dienone is 1. The number of aromatic nitrogens is 1. The van der Waals surface area contributed by atoms with Gasteiger partial charge in [-0.25, -0.2) is 0 Å². The lowest BCUT2D eigenvalue weighted by Gasteiger charge is -2.42. The third-order valence-corrected chi connectivity index (χ3v) is 6.89. The fourth-order valence-electron chi connectivity index (χ4n) is 5.46. The molecule has 1 fully saturated rings. The molecule has 168 valence electrons. The number of ether oxygens (including phenoxy) is 1. The zero-order valence-electron chi connectivity index (χ0n) is 18.3. The maximum absolute atomic E-state index is 12.9. The number of likely N-dealkylation sites (tertiary alicyclic amines) is 1. The predicted octanol–water partition coefficient (Wildman–Crippen LogP) is 3.69. The van der Waals surface area contributed by atoms with Crippen molar-refractivity contribution in [3.8, 4) is 11.5 Å². The minimum Gasteiger partial charge on any atom is -0.507 e. The van der Waals surface area contributed by atoms with Crippen molar-refractivity contribution in [1.82, 2.24) is 9.47 Å². The maximum Gasteiger partial charge on any atom is 0.250 e. The van der Waals surface area contributed by atoms with Crippen molar-refractivity contribution in [3.63, 3.8) is 0 Å². The van der Waals surface area contributed by atoms with Gasteiger partial charge in [-0.3, -0.25) is 14.5 Å². The number of benzene rings is 1. The molecule has 0 amide bonds. The van der Waals surface area contributed by atoms with Gasteiger partial charge in [0.1, 0.15) is 23.0 Å². The predicted molar refractivity (Wildman–Crippen MR) is 121 cm³/mol. The Bertz CT molecular complexity index is 1370. The van der Waals surface area contributed by atoms with E-state index < -0.39 is 0 Å². The van der Waals surface area contributed by atoms with Crippen LogP contribution >= 0.6 is 0 Å². The highest BCUT2D eigenvalue weighted by molar-refractivity contribution is 6.14. The Labute approximate surface area is 190 Å². The van der Waals surface area contributed by atoms with Gasteiger partial charge < -0.3 is 18.8 Å². The number of phenols is 1. The first kappa shape index (κ1) is 20.1. The summed E-state index contributed by atoms with van der Waals surface area (Å²) in [5.41, 5.74) is 2.21. The third kappa shape index (κ3) is 3.40. The molecule has 33 heavy (non-hydrogen) atoms. The summed E-state index contributed by atoms with van der Waals surface area (Å²) >= 11 is 0. The first-order chi connectivity index (χ1) is 16.0. The molecule has 3 aromatic rings. The molecule has 0 spiro atoms. The standard InChI is InChI=1S/C26H24N2O5/c1-15-5-6-18(32-15)10-23-25(31)19-7-8-22(29)20(26(19)33-23)14-27-11-16-9-17(13-27)21-3-2-4-24(30)28(21)12-16/h2-8,10,16-17,29H,9,11-14H2,1H3/b23-10-/t16-,17+/m1/s1. The van der Waals surface area contributed by atoms with Gasteiger partial charge in [-0.2, -0.15) is 0 Å². The van der Waals surface area contributed by atoms with E-state index in [1.807, 2.05) is 29.7 Å². The summed E-state index contributed by atoms with van der Waals surface area (Å²) in [4.78, 5) is 27.5. The van der Waals surface area contributed by atoms with Crippen LogP contribution in [-0.2, 0) is 13.1 Å². The molecular weight excluding hydrogens is 420 g/mol. The molecule has 6 rings (SSSR count). The molecule has 0 radical (unpaired) electrons. The topological polar surface area (TPSA) is 84.9 Å². The molecule has 1 aromatic carbocycles. The molecule has 5 heterocycles. The summed E-state index contributed by atoms with van der Waals surface area (Å²) in [6.45, 7) is 4.63. The van der Waals surface area contributed by atoms with Crippen LogP contribution < -0.4 is 10.3 Å². The number of ketones is 1. The number of hydrogen-bond acceptors (Lipinski definition) is 6. The van der Waals surface area contributed by atoms with Crippen molar-refractivity contribution < 1.29 is 19.1 Å². The lowest BCUT2D eigenvalue weighted by molar-refractivity contribution is 0.101. The fraction of sp³-hybridized carbons (Fsp3) is 0.308. The second-order valence-corrected chi connectivity index (χ2v) is 9.22. The molecule has 2 aromatic heterocycles. The normalized spacial score (nSPS) is 22.8. The van der Waals surface area contributed by atoms with Crippen LogP contribution in [0.5, 0.6) is 11.5 Å². The number of fused-ring (bicyclic) bond motifs is 5. The van der Waals surface area contributed by atoms with E-state index in [0.29, 0.717) is 41.6 Å². The fourth-order valence-corrected chi connectivity index (χ4v) is 5.46. The summed E-state index contributed by atoms with van der Waals surface area (Å²) in [5.74, 6) is 2.45. The molecule has 7 heteroatoms. The molecule has 2 bridgehead atoms. The lowest BCUT2D eigenvalue weighted by atomic mass is 9.83. The molecule has 0 saturated carbocycles. The Morgan fingerprint density at radius 3 is 2.79 bits per heavy atom. The van der Waals surface area contributed by atoms with Crippen LogP contribution in [0.4, 0.5) is 0 Å². The Morgan fingerprint density at radius 1 is 1.09 bits per heavy atom. The zero-order chi connectivity index (χ0) is 22.7.